The van der Waals surface area contributed by atoms with Crippen molar-refractivity contribution in [3.05, 3.63) is 35.0 Å². The van der Waals surface area contributed by atoms with Crippen molar-refractivity contribution in [3.8, 4) is 0 Å². The van der Waals surface area contributed by atoms with Crippen molar-refractivity contribution in [1.82, 2.24) is 4.98 Å². The van der Waals surface area contributed by atoms with Crippen molar-refractivity contribution in [3.63, 3.8) is 0 Å². The monoisotopic (exact) mass is 235 g/mol. The molecule has 0 bridgehead atoms. The van der Waals surface area contributed by atoms with Gasteiger partial charge in [-0.2, -0.15) is 0 Å². The second-order valence-electron chi connectivity index (χ2n) is 3.90. The number of hydrogen-bond donors (Lipinski definition) is 1. The fourth-order valence-electron chi connectivity index (χ4n) is 1.82. The maximum absolute atomic E-state index is 11.3. The highest BCUT2D eigenvalue weighted by atomic mass is 35.5. The van der Waals surface area contributed by atoms with Crippen LogP contribution in [0.15, 0.2) is 24.4 Å². The van der Waals surface area contributed by atoms with Gasteiger partial charge in [0, 0.05) is 35.0 Å². The van der Waals surface area contributed by atoms with Gasteiger partial charge in [0.2, 0.25) is 0 Å². The molecule has 84 valence electrons. The summed E-state index contributed by atoms with van der Waals surface area (Å²) in [6.45, 7) is 1.90. The van der Waals surface area contributed by atoms with Crippen LogP contribution in [0.25, 0.3) is 10.9 Å². The van der Waals surface area contributed by atoms with Crippen LogP contribution in [0.4, 0.5) is 0 Å². The predicted octanol–water partition coefficient (Wildman–Crippen LogP) is 3.73. The number of aromatic amines is 1. The van der Waals surface area contributed by atoms with E-state index in [4.69, 9.17) is 11.6 Å². The molecule has 0 aliphatic rings. The van der Waals surface area contributed by atoms with E-state index < -0.39 is 0 Å². The first-order chi connectivity index (χ1) is 7.70. The molecule has 1 aromatic heterocycles. The largest absolute Gasteiger partial charge is 0.361 e. The molecule has 16 heavy (non-hydrogen) atoms. The van der Waals surface area contributed by atoms with Crippen molar-refractivity contribution < 1.29 is 4.79 Å². The van der Waals surface area contributed by atoms with Crippen LogP contribution < -0.4 is 0 Å². The molecule has 0 spiro atoms. The highest BCUT2D eigenvalue weighted by Crippen LogP contribution is 2.23. The zero-order valence-electron chi connectivity index (χ0n) is 9.22. The van der Waals surface area contributed by atoms with E-state index in [0.717, 1.165) is 22.3 Å². The summed E-state index contributed by atoms with van der Waals surface area (Å²) in [5.41, 5.74) is 2.22. The van der Waals surface area contributed by atoms with Crippen molar-refractivity contribution in [2.45, 2.75) is 26.2 Å². The number of ketones is 1. The normalized spacial score (nSPS) is 10.9. The van der Waals surface area contributed by atoms with Crippen LogP contribution in [0, 0.1) is 0 Å². The number of nitrogens with one attached hydrogen (secondary N) is 1. The Bertz CT molecular complexity index is 516. The molecule has 0 aliphatic carbocycles. The van der Waals surface area contributed by atoms with Crippen molar-refractivity contribution in [2.75, 3.05) is 0 Å². The fourth-order valence-corrected chi connectivity index (χ4v) is 1.99. The summed E-state index contributed by atoms with van der Waals surface area (Å²) in [5, 5.41) is 1.89. The Morgan fingerprint density at radius 1 is 1.44 bits per heavy atom. The smallest absolute Gasteiger partial charge is 0.132 e. The molecule has 1 aromatic carbocycles. The SMILES string of the molecule is CCC(=O)CCc1c[nH]c2cc(Cl)ccc12. The van der Waals surface area contributed by atoms with Gasteiger partial charge in [-0.25, -0.2) is 0 Å². The van der Waals surface area contributed by atoms with Crippen LogP contribution >= 0.6 is 11.6 Å². The first kappa shape index (κ1) is 11.2. The average molecular weight is 236 g/mol. The van der Waals surface area contributed by atoms with Gasteiger partial charge < -0.3 is 4.98 Å². The van der Waals surface area contributed by atoms with Crippen LogP contribution in [0.5, 0.6) is 0 Å². The molecule has 0 amide bonds. The van der Waals surface area contributed by atoms with E-state index in [-0.39, 0.29) is 0 Å². The van der Waals surface area contributed by atoms with Gasteiger partial charge in [-0.05, 0) is 24.1 Å². The number of rotatable bonds is 4. The molecule has 2 rings (SSSR count). The van der Waals surface area contributed by atoms with Crippen LogP contribution in [0.1, 0.15) is 25.3 Å². The fraction of sp³-hybridized carbons (Fsp3) is 0.308. The number of fused-ring (bicyclic) bond motifs is 1. The van der Waals surface area contributed by atoms with Gasteiger partial charge in [-0.1, -0.05) is 24.6 Å². The van der Waals surface area contributed by atoms with Gasteiger partial charge in [0.25, 0.3) is 0 Å². The van der Waals surface area contributed by atoms with E-state index in [9.17, 15) is 4.79 Å². The number of Topliss-reactive ketones (excluding diaryl/α,β-unsaturated/α-hetero) is 1. The number of carbonyl (C=O) groups is 1. The molecule has 1 N–H and O–H groups in total. The minimum absolute atomic E-state index is 0.309. The molecule has 3 heteroatoms. The molecule has 0 unspecified atom stereocenters. The number of halogens is 1. The summed E-state index contributed by atoms with van der Waals surface area (Å²) in [4.78, 5) is 14.4. The summed E-state index contributed by atoms with van der Waals surface area (Å²) in [6.07, 6.45) is 4.00. The van der Waals surface area contributed by atoms with Crippen LogP contribution in [-0.2, 0) is 11.2 Å². The third kappa shape index (κ3) is 2.27. The van der Waals surface area contributed by atoms with Gasteiger partial charge in [0.05, 0.1) is 0 Å². The molecule has 1 heterocycles. The van der Waals surface area contributed by atoms with Crippen molar-refractivity contribution in [1.29, 1.82) is 0 Å². The lowest BCUT2D eigenvalue weighted by Crippen LogP contribution is -1.97. The Balaban J connectivity index is 2.22. The highest BCUT2D eigenvalue weighted by molar-refractivity contribution is 6.31. The number of aryl methyl sites for hydroxylation is 1. The summed E-state index contributed by atoms with van der Waals surface area (Å²) in [5.74, 6) is 0.309. The summed E-state index contributed by atoms with van der Waals surface area (Å²) >= 11 is 5.90. The Labute approximate surface area is 99.6 Å². The summed E-state index contributed by atoms with van der Waals surface area (Å²) in [7, 11) is 0. The molecule has 0 saturated heterocycles. The van der Waals surface area contributed by atoms with Gasteiger partial charge >= 0.3 is 0 Å². The zero-order chi connectivity index (χ0) is 11.5. The molecule has 0 aliphatic heterocycles. The topological polar surface area (TPSA) is 32.9 Å². The molecule has 0 atom stereocenters. The third-order valence-electron chi connectivity index (χ3n) is 2.80. The van der Waals surface area contributed by atoms with Gasteiger partial charge in [0.1, 0.15) is 5.78 Å². The molecular formula is C13H14ClNO. The molecule has 2 aromatic rings. The highest BCUT2D eigenvalue weighted by Gasteiger charge is 2.06. The maximum atomic E-state index is 11.3. The number of aromatic nitrogens is 1. The molecular weight excluding hydrogens is 222 g/mol. The minimum atomic E-state index is 0.309. The minimum Gasteiger partial charge on any atom is -0.361 e. The van der Waals surface area contributed by atoms with E-state index in [1.807, 2.05) is 31.3 Å². The molecule has 0 radical (unpaired) electrons. The molecule has 0 fully saturated rings. The third-order valence-corrected chi connectivity index (χ3v) is 3.03. The van der Waals surface area contributed by atoms with Crippen molar-refractivity contribution in [2.24, 2.45) is 0 Å². The first-order valence-corrected chi connectivity index (χ1v) is 5.85. The van der Waals surface area contributed by atoms with E-state index >= 15 is 0 Å². The zero-order valence-corrected chi connectivity index (χ0v) is 9.97. The quantitative estimate of drug-likeness (QED) is 0.861. The van der Waals surface area contributed by atoms with Crippen molar-refractivity contribution >= 4 is 28.3 Å². The predicted molar refractivity (Wildman–Crippen MR) is 66.9 cm³/mol. The lowest BCUT2D eigenvalue weighted by atomic mass is 10.1. The molecule has 2 nitrogen and oxygen atoms in total. The number of H-pyrrole nitrogens is 1. The Hall–Kier alpha value is -1.28. The van der Waals surface area contributed by atoms with Crippen LogP contribution in [0.3, 0.4) is 0 Å². The Morgan fingerprint density at radius 2 is 2.25 bits per heavy atom. The second kappa shape index (κ2) is 4.71. The van der Waals surface area contributed by atoms with Gasteiger partial charge in [0.15, 0.2) is 0 Å². The number of carbonyl (C=O) groups excluding carboxylic acids is 1. The average Bonchev–Trinajstić information content (AvgIpc) is 2.68. The van der Waals surface area contributed by atoms with Gasteiger partial charge in [-0.3, -0.25) is 4.79 Å². The second-order valence-corrected chi connectivity index (χ2v) is 4.33. The van der Waals surface area contributed by atoms with E-state index in [1.54, 1.807) is 0 Å². The van der Waals surface area contributed by atoms with Gasteiger partial charge in [-0.15, -0.1) is 0 Å². The lowest BCUT2D eigenvalue weighted by Gasteiger charge is -1.98. The molecule has 0 saturated carbocycles. The Kier molecular flexibility index (Phi) is 3.30. The first-order valence-electron chi connectivity index (χ1n) is 5.48. The van der Waals surface area contributed by atoms with E-state index in [0.29, 0.717) is 18.6 Å². The standard InChI is InChI=1S/C13H14ClNO/c1-2-11(16)5-3-9-8-15-13-7-10(14)4-6-12(9)13/h4,6-8,15H,2-3,5H2,1H3. The lowest BCUT2D eigenvalue weighted by molar-refractivity contribution is -0.118. The van der Waals surface area contributed by atoms with E-state index in [2.05, 4.69) is 4.98 Å². The van der Waals surface area contributed by atoms with Crippen LogP contribution in [0.2, 0.25) is 5.02 Å². The summed E-state index contributed by atoms with van der Waals surface area (Å²) < 4.78 is 0. The van der Waals surface area contributed by atoms with E-state index in [1.165, 1.54) is 5.56 Å². The maximum Gasteiger partial charge on any atom is 0.132 e. The Morgan fingerprint density at radius 3 is 3.00 bits per heavy atom. The summed E-state index contributed by atoms with van der Waals surface area (Å²) in [6, 6.07) is 5.78. The number of hydrogen-bond acceptors (Lipinski definition) is 1. The van der Waals surface area contributed by atoms with Crippen LogP contribution in [-0.4, -0.2) is 10.8 Å². The number of benzene rings is 1.